The number of halogens is 1. The minimum absolute atomic E-state index is 0.0377. The average Bonchev–Trinajstić information content (AvgIpc) is 3.61. The SMILES string of the molecule is COc1nc(-c2cccc(-c3cc4c(=O)n(C)c(CNCC(O)CC(=O)O)nn4c3)c2Cl)ccc1CNC[C@@H]1CCC(=O)N1. The summed E-state index contributed by atoms with van der Waals surface area (Å²) in [5.41, 5.74) is 3.65. The molecule has 1 unspecified atom stereocenters. The summed E-state index contributed by atoms with van der Waals surface area (Å²) in [5.74, 6) is -0.144. The Kier molecular flexibility index (Phi) is 9.59. The van der Waals surface area contributed by atoms with Crippen LogP contribution in [-0.2, 0) is 29.7 Å². The molecule has 13 nitrogen and oxygen atoms in total. The first-order valence-electron chi connectivity index (χ1n) is 14.2. The number of carboxylic acid groups (broad SMARTS) is 1. The number of amides is 1. The molecule has 0 aliphatic carbocycles. The van der Waals surface area contributed by atoms with Crippen molar-refractivity contribution < 1.29 is 24.5 Å². The number of carbonyl (C=O) groups is 2. The number of rotatable bonds is 13. The van der Waals surface area contributed by atoms with Crippen molar-refractivity contribution in [1.82, 2.24) is 35.1 Å². The fraction of sp³-hybridized carbons (Fsp3) is 0.367. The number of fused-ring (bicyclic) bond motifs is 1. The van der Waals surface area contributed by atoms with E-state index in [0.29, 0.717) is 64.1 Å². The number of benzene rings is 1. The molecule has 4 aromatic rings. The van der Waals surface area contributed by atoms with Gasteiger partial charge < -0.3 is 30.9 Å². The Hall–Kier alpha value is -4.30. The molecule has 0 spiro atoms. The van der Waals surface area contributed by atoms with Gasteiger partial charge in [-0.15, -0.1) is 0 Å². The largest absolute Gasteiger partial charge is 0.481 e. The number of aliphatic hydroxyl groups is 1. The Morgan fingerprint density at radius 1 is 1.20 bits per heavy atom. The lowest BCUT2D eigenvalue weighted by Crippen LogP contribution is -2.35. The van der Waals surface area contributed by atoms with Crippen molar-refractivity contribution in [2.75, 3.05) is 20.2 Å². The number of aliphatic carboxylic acids is 1. The molecule has 1 saturated heterocycles. The number of carboxylic acids is 1. The van der Waals surface area contributed by atoms with Gasteiger partial charge in [0.1, 0.15) is 11.3 Å². The number of methoxy groups -OCH3 is 1. The van der Waals surface area contributed by atoms with Gasteiger partial charge in [0.15, 0.2) is 0 Å². The van der Waals surface area contributed by atoms with E-state index >= 15 is 0 Å². The Bertz CT molecular complexity index is 1750. The zero-order valence-electron chi connectivity index (χ0n) is 24.3. The van der Waals surface area contributed by atoms with Crippen LogP contribution < -0.4 is 26.2 Å². The van der Waals surface area contributed by atoms with Crippen LogP contribution >= 0.6 is 11.6 Å². The number of hydrogen-bond donors (Lipinski definition) is 5. The summed E-state index contributed by atoms with van der Waals surface area (Å²) in [6.45, 7) is 1.37. The third-order valence-electron chi connectivity index (χ3n) is 7.52. The molecule has 1 amide bonds. The van der Waals surface area contributed by atoms with Gasteiger partial charge in [-0.1, -0.05) is 35.9 Å². The van der Waals surface area contributed by atoms with E-state index in [1.54, 1.807) is 26.4 Å². The molecule has 44 heavy (non-hydrogen) atoms. The molecular formula is C30H34ClN7O6. The first kappa shape index (κ1) is 31.1. The van der Waals surface area contributed by atoms with E-state index in [0.717, 1.165) is 12.0 Å². The molecule has 2 atom stereocenters. The van der Waals surface area contributed by atoms with Crippen LogP contribution in [0.15, 0.2) is 47.4 Å². The summed E-state index contributed by atoms with van der Waals surface area (Å²) in [6.07, 6.45) is 1.65. The zero-order valence-corrected chi connectivity index (χ0v) is 25.1. The number of ether oxygens (including phenoxy) is 1. The van der Waals surface area contributed by atoms with E-state index in [1.165, 1.54) is 9.08 Å². The first-order valence-corrected chi connectivity index (χ1v) is 14.5. The molecule has 0 saturated carbocycles. The van der Waals surface area contributed by atoms with Crippen molar-refractivity contribution >= 4 is 29.0 Å². The standard InChI is InChI=1S/C30H34ClN7O6/c1-37-25(15-33-14-20(39)11-27(41)42)36-38-16-18(10-24(38)30(37)43)21-4-3-5-22(28(21)31)23-8-6-17(29(35-23)44-2)12-32-13-19-7-9-26(40)34-19/h3-6,8,10,16,19-20,32-33,39H,7,9,11-15H2,1-2H3,(H,34,40)(H,41,42)/t19-,20?/m0/s1. The van der Waals surface area contributed by atoms with Gasteiger partial charge in [-0.05, 0) is 18.6 Å². The Morgan fingerprint density at radius 3 is 2.73 bits per heavy atom. The third kappa shape index (κ3) is 6.91. The quantitative estimate of drug-likeness (QED) is 0.148. The van der Waals surface area contributed by atoms with Gasteiger partial charge in [0.25, 0.3) is 5.56 Å². The highest BCUT2D eigenvalue weighted by Crippen LogP contribution is 2.37. The van der Waals surface area contributed by atoms with Gasteiger partial charge in [0.2, 0.25) is 11.8 Å². The summed E-state index contributed by atoms with van der Waals surface area (Å²) in [5, 5.41) is 32.9. The second-order valence-electron chi connectivity index (χ2n) is 10.7. The molecule has 5 rings (SSSR count). The van der Waals surface area contributed by atoms with Crippen LogP contribution in [0.1, 0.15) is 30.7 Å². The second kappa shape index (κ2) is 13.6. The number of nitrogens with one attached hydrogen (secondary N) is 3. The molecule has 4 heterocycles. The van der Waals surface area contributed by atoms with Crippen molar-refractivity contribution in [3.05, 3.63) is 69.4 Å². The summed E-state index contributed by atoms with van der Waals surface area (Å²) < 4.78 is 8.48. The maximum atomic E-state index is 13.1. The van der Waals surface area contributed by atoms with E-state index in [1.807, 2.05) is 30.3 Å². The smallest absolute Gasteiger partial charge is 0.306 e. The van der Waals surface area contributed by atoms with Crippen LogP contribution in [-0.4, -0.2) is 73.6 Å². The lowest BCUT2D eigenvalue weighted by molar-refractivity contribution is -0.139. The summed E-state index contributed by atoms with van der Waals surface area (Å²) in [7, 11) is 3.16. The molecule has 0 bridgehead atoms. The van der Waals surface area contributed by atoms with Crippen LogP contribution in [0.4, 0.5) is 0 Å². The van der Waals surface area contributed by atoms with E-state index in [2.05, 4.69) is 21.0 Å². The molecule has 232 valence electrons. The summed E-state index contributed by atoms with van der Waals surface area (Å²) >= 11 is 6.93. The fourth-order valence-electron chi connectivity index (χ4n) is 5.20. The Labute approximate surface area is 257 Å². The second-order valence-corrected chi connectivity index (χ2v) is 11.1. The van der Waals surface area contributed by atoms with Gasteiger partial charge in [-0.25, -0.2) is 9.50 Å². The van der Waals surface area contributed by atoms with Crippen molar-refractivity contribution in [2.45, 2.75) is 44.5 Å². The van der Waals surface area contributed by atoms with Gasteiger partial charge in [0, 0.05) is 67.6 Å². The normalized spacial score (nSPS) is 15.5. The molecular weight excluding hydrogens is 590 g/mol. The summed E-state index contributed by atoms with van der Waals surface area (Å²) in [6, 6.07) is 11.2. The van der Waals surface area contributed by atoms with Crippen LogP contribution in [0.25, 0.3) is 27.9 Å². The monoisotopic (exact) mass is 623 g/mol. The maximum Gasteiger partial charge on any atom is 0.306 e. The fourth-order valence-corrected chi connectivity index (χ4v) is 5.53. The van der Waals surface area contributed by atoms with Crippen molar-refractivity contribution in [3.8, 4) is 28.3 Å². The predicted octanol–water partition coefficient (Wildman–Crippen LogP) is 1.72. The topological polar surface area (TPSA) is 172 Å². The number of nitrogens with zero attached hydrogens (tertiary/aromatic N) is 4. The van der Waals surface area contributed by atoms with E-state index in [4.69, 9.17) is 26.4 Å². The number of hydrogen-bond acceptors (Lipinski definition) is 9. The van der Waals surface area contributed by atoms with Gasteiger partial charge in [-0.3, -0.25) is 19.0 Å². The predicted molar refractivity (Wildman–Crippen MR) is 163 cm³/mol. The molecule has 3 aromatic heterocycles. The van der Waals surface area contributed by atoms with Crippen molar-refractivity contribution in [3.63, 3.8) is 0 Å². The number of carbonyl (C=O) groups excluding carboxylic acids is 1. The first-order chi connectivity index (χ1) is 21.1. The lowest BCUT2D eigenvalue weighted by atomic mass is 10.0. The van der Waals surface area contributed by atoms with Gasteiger partial charge in [0.05, 0.1) is 36.9 Å². The van der Waals surface area contributed by atoms with Gasteiger partial charge in [-0.2, -0.15) is 5.10 Å². The van der Waals surface area contributed by atoms with E-state index in [-0.39, 0.29) is 37.0 Å². The van der Waals surface area contributed by atoms with Crippen LogP contribution in [0.3, 0.4) is 0 Å². The molecule has 1 aliphatic heterocycles. The molecule has 5 N–H and O–H groups in total. The average molecular weight is 624 g/mol. The van der Waals surface area contributed by atoms with Crippen LogP contribution in [0.2, 0.25) is 5.02 Å². The van der Waals surface area contributed by atoms with Crippen LogP contribution in [0, 0.1) is 0 Å². The van der Waals surface area contributed by atoms with Crippen molar-refractivity contribution in [2.24, 2.45) is 7.05 Å². The highest BCUT2D eigenvalue weighted by Gasteiger charge is 2.21. The summed E-state index contributed by atoms with van der Waals surface area (Å²) in [4.78, 5) is 40.1. The molecule has 1 aromatic carbocycles. The lowest BCUT2D eigenvalue weighted by Gasteiger charge is -2.14. The molecule has 14 heteroatoms. The molecule has 1 aliphatic rings. The Balaban J connectivity index is 1.35. The highest BCUT2D eigenvalue weighted by atomic mass is 35.5. The van der Waals surface area contributed by atoms with E-state index in [9.17, 15) is 19.5 Å². The Morgan fingerprint density at radius 2 is 2.00 bits per heavy atom. The number of aromatic nitrogens is 4. The van der Waals surface area contributed by atoms with Gasteiger partial charge >= 0.3 is 5.97 Å². The van der Waals surface area contributed by atoms with Crippen molar-refractivity contribution in [1.29, 1.82) is 0 Å². The zero-order chi connectivity index (χ0) is 31.4. The van der Waals surface area contributed by atoms with Crippen LogP contribution in [0.5, 0.6) is 5.88 Å². The minimum atomic E-state index is -1.10. The third-order valence-corrected chi connectivity index (χ3v) is 7.92. The minimum Gasteiger partial charge on any atom is -0.481 e. The highest BCUT2D eigenvalue weighted by molar-refractivity contribution is 6.36. The van der Waals surface area contributed by atoms with E-state index < -0.39 is 12.1 Å². The number of pyridine rings is 1. The molecule has 0 radical (unpaired) electrons. The maximum absolute atomic E-state index is 13.1. The molecule has 1 fully saturated rings. The number of aliphatic hydroxyl groups excluding tert-OH is 1.